The summed E-state index contributed by atoms with van der Waals surface area (Å²) in [5.41, 5.74) is -1.11. The van der Waals surface area contributed by atoms with Gasteiger partial charge < -0.3 is 19.6 Å². The first-order valence-electron chi connectivity index (χ1n) is 9.14. The lowest BCUT2D eigenvalue weighted by Crippen LogP contribution is -2.53. The fourth-order valence-corrected chi connectivity index (χ4v) is 3.32. The van der Waals surface area contributed by atoms with E-state index in [1.165, 1.54) is 17.0 Å². The molecular formula is C21H19N3O5. The van der Waals surface area contributed by atoms with Gasteiger partial charge in [-0.15, -0.1) is 0 Å². The van der Waals surface area contributed by atoms with Gasteiger partial charge in [0.25, 0.3) is 11.7 Å². The van der Waals surface area contributed by atoms with Crippen LogP contribution in [0.4, 0.5) is 11.6 Å². The van der Waals surface area contributed by atoms with Crippen LogP contribution in [0, 0.1) is 10.1 Å². The number of hydrogen-bond donors (Lipinski definition) is 0. The number of amides is 1. The van der Waals surface area contributed by atoms with E-state index in [1.54, 1.807) is 13.8 Å². The van der Waals surface area contributed by atoms with E-state index in [2.05, 4.69) is 4.98 Å². The first kappa shape index (κ1) is 18.7. The number of anilines is 1. The predicted octanol–water partition coefficient (Wildman–Crippen LogP) is 3.73. The van der Waals surface area contributed by atoms with E-state index in [9.17, 15) is 14.9 Å². The summed E-state index contributed by atoms with van der Waals surface area (Å²) >= 11 is 0. The molecule has 1 aromatic heterocycles. The maximum Gasteiger partial charge on any atom is 0.366 e. The van der Waals surface area contributed by atoms with Crippen LogP contribution >= 0.6 is 0 Å². The first-order valence-corrected chi connectivity index (χ1v) is 9.14. The standard InChI is InChI=1S/C21H19N3O5/c1-21(2)20(25)23(19-17(29-21)10-11-18(22-19)24(26)27)12-13-28-16-9-5-7-14-6-3-4-8-15(14)16/h3-11H,12-13H2,1-2H3. The summed E-state index contributed by atoms with van der Waals surface area (Å²) in [6.45, 7) is 3.67. The summed E-state index contributed by atoms with van der Waals surface area (Å²) in [5, 5.41) is 13.1. The van der Waals surface area contributed by atoms with Gasteiger partial charge in [-0.05, 0) is 41.3 Å². The lowest BCUT2D eigenvalue weighted by molar-refractivity contribution is -0.389. The molecule has 0 aliphatic carbocycles. The monoisotopic (exact) mass is 393 g/mol. The molecule has 2 aromatic carbocycles. The molecule has 8 heteroatoms. The van der Waals surface area contributed by atoms with E-state index >= 15 is 0 Å². The molecule has 0 radical (unpaired) electrons. The molecule has 29 heavy (non-hydrogen) atoms. The number of pyridine rings is 1. The molecule has 0 fully saturated rings. The van der Waals surface area contributed by atoms with Crippen molar-refractivity contribution in [3.8, 4) is 11.5 Å². The van der Waals surface area contributed by atoms with Crippen molar-refractivity contribution in [3.63, 3.8) is 0 Å². The number of nitro groups is 1. The molecule has 4 rings (SSSR count). The fourth-order valence-electron chi connectivity index (χ4n) is 3.32. The summed E-state index contributed by atoms with van der Waals surface area (Å²) in [5.74, 6) is 0.477. The molecule has 2 heterocycles. The highest BCUT2D eigenvalue weighted by atomic mass is 16.6. The highest BCUT2D eigenvalue weighted by Crippen LogP contribution is 2.37. The van der Waals surface area contributed by atoms with Crippen molar-refractivity contribution >= 4 is 28.3 Å². The summed E-state index contributed by atoms with van der Waals surface area (Å²) in [6, 6.07) is 16.3. The number of fused-ring (bicyclic) bond motifs is 2. The molecule has 0 atom stereocenters. The molecule has 1 aliphatic rings. The number of benzene rings is 2. The lowest BCUT2D eigenvalue weighted by Gasteiger charge is -2.35. The van der Waals surface area contributed by atoms with Gasteiger partial charge in [0.15, 0.2) is 11.4 Å². The molecule has 0 unspecified atom stereocenters. The Morgan fingerprint density at radius 3 is 2.69 bits per heavy atom. The third-order valence-corrected chi connectivity index (χ3v) is 4.71. The van der Waals surface area contributed by atoms with Crippen molar-refractivity contribution in [2.24, 2.45) is 0 Å². The summed E-state index contributed by atoms with van der Waals surface area (Å²) in [6.07, 6.45) is 0. The largest absolute Gasteiger partial charge is 0.491 e. The SMILES string of the molecule is CC1(C)Oc2ccc([N+](=O)[O-])nc2N(CCOc2cccc3ccccc23)C1=O. The Morgan fingerprint density at radius 1 is 1.14 bits per heavy atom. The van der Waals surface area contributed by atoms with Crippen LogP contribution in [0.1, 0.15) is 13.8 Å². The second kappa shape index (κ2) is 7.05. The molecule has 0 bridgehead atoms. The minimum atomic E-state index is -1.11. The Balaban J connectivity index is 1.59. The molecule has 1 amide bonds. The van der Waals surface area contributed by atoms with Gasteiger partial charge in [-0.1, -0.05) is 36.4 Å². The highest BCUT2D eigenvalue weighted by molar-refractivity contribution is 6.01. The molecule has 0 N–H and O–H groups in total. The summed E-state index contributed by atoms with van der Waals surface area (Å²) < 4.78 is 11.6. The average molecular weight is 393 g/mol. The van der Waals surface area contributed by atoms with E-state index < -0.39 is 10.5 Å². The topological polar surface area (TPSA) is 94.8 Å². The van der Waals surface area contributed by atoms with Crippen LogP contribution in [0.15, 0.2) is 54.6 Å². The highest BCUT2D eigenvalue weighted by Gasteiger charge is 2.44. The van der Waals surface area contributed by atoms with Crippen molar-refractivity contribution in [1.29, 1.82) is 0 Å². The van der Waals surface area contributed by atoms with E-state index in [4.69, 9.17) is 9.47 Å². The van der Waals surface area contributed by atoms with Gasteiger partial charge in [-0.2, -0.15) is 0 Å². The number of hydrogen-bond acceptors (Lipinski definition) is 6. The molecule has 3 aromatic rings. The van der Waals surface area contributed by atoms with Gasteiger partial charge in [-0.25, -0.2) is 0 Å². The minimum Gasteiger partial charge on any atom is -0.491 e. The van der Waals surface area contributed by atoms with Gasteiger partial charge in [-0.3, -0.25) is 9.69 Å². The van der Waals surface area contributed by atoms with Crippen molar-refractivity contribution < 1.29 is 19.2 Å². The van der Waals surface area contributed by atoms with Gasteiger partial charge >= 0.3 is 5.82 Å². The average Bonchev–Trinajstić information content (AvgIpc) is 2.70. The normalized spacial score (nSPS) is 15.0. The zero-order valence-corrected chi connectivity index (χ0v) is 16.0. The number of rotatable bonds is 5. The Morgan fingerprint density at radius 2 is 1.90 bits per heavy atom. The summed E-state index contributed by atoms with van der Waals surface area (Å²) in [4.78, 5) is 28.8. The van der Waals surface area contributed by atoms with Crippen LogP contribution in [0.3, 0.4) is 0 Å². The van der Waals surface area contributed by atoms with Crippen LogP contribution in [-0.4, -0.2) is 34.6 Å². The van der Waals surface area contributed by atoms with Crippen LogP contribution in [0.2, 0.25) is 0 Å². The van der Waals surface area contributed by atoms with E-state index in [1.807, 2.05) is 42.5 Å². The zero-order valence-electron chi connectivity index (χ0n) is 16.0. The molecule has 1 aliphatic heterocycles. The second-order valence-corrected chi connectivity index (χ2v) is 7.14. The van der Waals surface area contributed by atoms with Gasteiger partial charge in [0.1, 0.15) is 12.4 Å². The first-order chi connectivity index (χ1) is 13.9. The number of aromatic nitrogens is 1. The number of nitrogens with zero attached hydrogens (tertiary/aromatic N) is 3. The van der Waals surface area contributed by atoms with Gasteiger partial charge in [0.05, 0.1) is 6.54 Å². The number of carbonyl (C=O) groups excluding carboxylic acids is 1. The number of ether oxygens (including phenoxy) is 2. The quantitative estimate of drug-likeness (QED) is 0.484. The zero-order chi connectivity index (χ0) is 20.6. The van der Waals surface area contributed by atoms with Crippen LogP contribution in [0.25, 0.3) is 10.8 Å². The molecule has 0 spiro atoms. The van der Waals surface area contributed by atoms with Crippen LogP contribution in [0.5, 0.6) is 11.5 Å². The fraction of sp³-hybridized carbons (Fsp3) is 0.238. The van der Waals surface area contributed by atoms with E-state index in [0.717, 1.165) is 10.8 Å². The van der Waals surface area contributed by atoms with Crippen LogP contribution in [-0.2, 0) is 4.79 Å². The second-order valence-electron chi connectivity index (χ2n) is 7.14. The van der Waals surface area contributed by atoms with Crippen molar-refractivity contribution in [3.05, 3.63) is 64.7 Å². The molecule has 8 nitrogen and oxygen atoms in total. The maximum atomic E-state index is 12.9. The molecular weight excluding hydrogens is 374 g/mol. The molecule has 0 saturated carbocycles. The Kier molecular flexibility index (Phi) is 4.54. The maximum absolute atomic E-state index is 12.9. The Bertz CT molecular complexity index is 1110. The predicted molar refractivity (Wildman–Crippen MR) is 107 cm³/mol. The Hall–Kier alpha value is -3.68. The third-order valence-electron chi connectivity index (χ3n) is 4.71. The molecule has 148 valence electrons. The molecule has 0 saturated heterocycles. The van der Waals surface area contributed by atoms with Gasteiger partial charge in [0.2, 0.25) is 0 Å². The summed E-state index contributed by atoms with van der Waals surface area (Å²) in [7, 11) is 0. The van der Waals surface area contributed by atoms with Gasteiger partial charge in [0, 0.05) is 11.5 Å². The van der Waals surface area contributed by atoms with E-state index in [0.29, 0.717) is 11.5 Å². The third kappa shape index (κ3) is 3.44. The van der Waals surface area contributed by atoms with E-state index in [-0.39, 0.29) is 30.7 Å². The van der Waals surface area contributed by atoms with Crippen LogP contribution < -0.4 is 14.4 Å². The van der Waals surface area contributed by atoms with Crippen molar-refractivity contribution in [1.82, 2.24) is 4.98 Å². The number of carbonyl (C=O) groups is 1. The minimum absolute atomic E-state index is 0.130. The lowest BCUT2D eigenvalue weighted by atomic mass is 10.1. The smallest absolute Gasteiger partial charge is 0.366 e. The Labute approximate surface area is 166 Å². The van der Waals surface area contributed by atoms with Crippen molar-refractivity contribution in [2.45, 2.75) is 19.4 Å². The van der Waals surface area contributed by atoms with Crippen molar-refractivity contribution in [2.75, 3.05) is 18.1 Å².